The fourth-order valence-corrected chi connectivity index (χ4v) is 3.41. The first-order valence-corrected chi connectivity index (χ1v) is 9.60. The second-order valence-electron chi connectivity index (χ2n) is 6.59. The normalized spacial score (nSPS) is 15.2. The topological polar surface area (TPSA) is 94.6 Å². The molecule has 0 radical (unpaired) electrons. The number of rotatable bonds is 5. The molecule has 0 unspecified atom stereocenters. The number of halogens is 2. The third-order valence-electron chi connectivity index (χ3n) is 4.58. The van der Waals surface area contributed by atoms with E-state index in [1.54, 1.807) is 24.4 Å². The smallest absolute Gasteiger partial charge is 0.238 e. The Balaban J connectivity index is 1.47. The first-order valence-electron chi connectivity index (χ1n) is 8.84. The van der Waals surface area contributed by atoms with Crippen molar-refractivity contribution in [2.75, 3.05) is 30.3 Å². The number of hydrogen-bond donors (Lipinski definition) is 3. The van der Waals surface area contributed by atoms with Crippen LogP contribution in [0.15, 0.2) is 36.5 Å². The summed E-state index contributed by atoms with van der Waals surface area (Å²) in [4.78, 5) is 30.6. The molecule has 3 rings (SSSR count). The summed E-state index contributed by atoms with van der Waals surface area (Å²) in [6.07, 6.45) is 2.79. The first kappa shape index (κ1) is 20.4. The minimum Gasteiger partial charge on any atom is -0.506 e. The lowest BCUT2D eigenvalue weighted by molar-refractivity contribution is -0.121. The molecule has 28 heavy (non-hydrogen) atoms. The number of carbonyl (C=O) groups is 2. The van der Waals surface area contributed by atoms with Crippen LogP contribution in [0.2, 0.25) is 10.2 Å². The van der Waals surface area contributed by atoms with E-state index in [-0.39, 0.29) is 35.2 Å². The largest absolute Gasteiger partial charge is 0.506 e. The summed E-state index contributed by atoms with van der Waals surface area (Å²) in [6, 6.07) is 7.89. The van der Waals surface area contributed by atoms with E-state index in [0.717, 1.165) is 0 Å². The number of carbonyl (C=O) groups excluding carboxylic acids is 2. The number of aromatic nitrogens is 1. The van der Waals surface area contributed by atoms with Crippen LogP contribution in [-0.4, -0.2) is 46.4 Å². The van der Waals surface area contributed by atoms with Crippen LogP contribution in [0.25, 0.3) is 0 Å². The van der Waals surface area contributed by atoms with Gasteiger partial charge >= 0.3 is 0 Å². The molecule has 0 bridgehead atoms. The first-order chi connectivity index (χ1) is 13.4. The lowest BCUT2D eigenvalue weighted by Gasteiger charge is -2.30. The van der Waals surface area contributed by atoms with E-state index in [9.17, 15) is 14.7 Å². The van der Waals surface area contributed by atoms with Crippen LogP contribution in [0.5, 0.6) is 5.75 Å². The summed E-state index contributed by atoms with van der Waals surface area (Å²) in [6.45, 7) is 1.45. The Morgan fingerprint density at radius 3 is 2.61 bits per heavy atom. The number of nitrogens with zero attached hydrogens (tertiary/aromatic N) is 2. The molecule has 3 N–H and O–H groups in total. The van der Waals surface area contributed by atoms with Gasteiger partial charge in [-0.1, -0.05) is 23.2 Å². The molecule has 1 aromatic carbocycles. The molecule has 9 heteroatoms. The summed E-state index contributed by atoms with van der Waals surface area (Å²) in [7, 11) is 0. The van der Waals surface area contributed by atoms with Crippen molar-refractivity contribution in [1.82, 2.24) is 9.88 Å². The molecule has 2 heterocycles. The molecule has 1 aliphatic rings. The van der Waals surface area contributed by atoms with E-state index in [1.807, 2.05) is 4.90 Å². The van der Waals surface area contributed by atoms with Crippen LogP contribution in [0.1, 0.15) is 12.8 Å². The van der Waals surface area contributed by atoms with E-state index >= 15 is 0 Å². The number of aromatic hydroxyl groups is 1. The Hall–Kier alpha value is -2.35. The Labute approximate surface area is 172 Å². The van der Waals surface area contributed by atoms with Crippen LogP contribution >= 0.6 is 23.2 Å². The van der Waals surface area contributed by atoms with Gasteiger partial charge in [0.15, 0.2) is 5.15 Å². The molecule has 0 atom stereocenters. The van der Waals surface area contributed by atoms with E-state index in [1.165, 1.54) is 12.1 Å². The van der Waals surface area contributed by atoms with Gasteiger partial charge in [-0.2, -0.15) is 0 Å². The fourth-order valence-electron chi connectivity index (χ4n) is 3.07. The van der Waals surface area contributed by atoms with Gasteiger partial charge in [0, 0.05) is 17.1 Å². The molecular weight excluding hydrogens is 403 g/mol. The molecule has 2 aromatic rings. The average molecular weight is 423 g/mol. The molecule has 2 amide bonds. The highest BCUT2D eigenvalue weighted by atomic mass is 35.5. The van der Waals surface area contributed by atoms with Crippen molar-refractivity contribution in [2.24, 2.45) is 5.92 Å². The van der Waals surface area contributed by atoms with Crippen LogP contribution in [0, 0.1) is 5.92 Å². The van der Waals surface area contributed by atoms with Crippen molar-refractivity contribution in [2.45, 2.75) is 12.8 Å². The minimum atomic E-state index is -0.189. The van der Waals surface area contributed by atoms with E-state index in [0.29, 0.717) is 42.3 Å². The zero-order valence-corrected chi connectivity index (χ0v) is 16.5. The van der Waals surface area contributed by atoms with E-state index < -0.39 is 0 Å². The molecule has 0 spiro atoms. The summed E-state index contributed by atoms with van der Waals surface area (Å²) < 4.78 is 0. The Morgan fingerprint density at radius 1 is 1.14 bits per heavy atom. The van der Waals surface area contributed by atoms with Crippen molar-refractivity contribution < 1.29 is 14.7 Å². The molecule has 1 saturated heterocycles. The van der Waals surface area contributed by atoms with E-state index in [2.05, 4.69) is 15.6 Å². The third-order valence-corrected chi connectivity index (χ3v) is 5.11. The van der Waals surface area contributed by atoms with Gasteiger partial charge in [0.05, 0.1) is 17.9 Å². The van der Waals surface area contributed by atoms with Gasteiger partial charge in [-0.15, -0.1) is 0 Å². The number of pyridine rings is 1. The Kier molecular flexibility index (Phi) is 6.72. The number of amides is 2. The zero-order valence-electron chi connectivity index (χ0n) is 15.0. The predicted octanol–water partition coefficient (Wildman–Crippen LogP) is 3.38. The maximum absolute atomic E-state index is 12.5. The molecule has 1 aromatic heterocycles. The number of phenols is 1. The van der Waals surface area contributed by atoms with Crippen LogP contribution in [-0.2, 0) is 9.59 Å². The van der Waals surface area contributed by atoms with Gasteiger partial charge in [-0.25, -0.2) is 4.98 Å². The molecule has 1 fully saturated rings. The van der Waals surface area contributed by atoms with Crippen molar-refractivity contribution in [3.05, 3.63) is 46.7 Å². The molecule has 1 aliphatic heterocycles. The molecule has 0 saturated carbocycles. The van der Waals surface area contributed by atoms with Crippen molar-refractivity contribution >= 4 is 46.4 Å². The molecule has 0 aliphatic carbocycles. The highest BCUT2D eigenvalue weighted by molar-refractivity contribution is 6.32. The van der Waals surface area contributed by atoms with Crippen molar-refractivity contribution in [3.8, 4) is 5.75 Å². The Bertz CT molecular complexity index is 870. The Morgan fingerprint density at radius 2 is 1.89 bits per heavy atom. The van der Waals surface area contributed by atoms with Crippen molar-refractivity contribution in [3.63, 3.8) is 0 Å². The van der Waals surface area contributed by atoms with Gasteiger partial charge < -0.3 is 15.7 Å². The summed E-state index contributed by atoms with van der Waals surface area (Å²) >= 11 is 11.8. The predicted molar refractivity (Wildman–Crippen MR) is 109 cm³/mol. The number of anilines is 2. The molecular formula is C19H20Cl2N4O3. The molecule has 148 valence electrons. The van der Waals surface area contributed by atoms with Crippen LogP contribution < -0.4 is 10.6 Å². The lowest BCUT2D eigenvalue weighted by Crippen LogP contribution is -2.41. The SMILES string of the molecule is O=C(CN1CCC(C(=O)Nc2cc(Cl)ccc2O)CC1)Nc1cccnc1Cl. The van der Waals surface area contributed by atoms with Gasteiger partial charge in [0.25, 0.3) is 0 Å². The fraction of sp³-hybridized carbons (Fsp3) is 0.316. The van der Waals surface area contributed by atoms with Crippen LogP contribution in [0.3, 0.4) is 0 Å². The van der Waals surface area contributed by atoms with Gasteiger partial charge in [-0.3, -0.25) is 14.5 Å². The number of nitrogens with one attached hydrogen (secondary N) is 2. The zero-order chi connectivity index (χ0) is 20.1. The maximum Gasteiger partial charge on any atom is 0.238 e. The number of phenolic OH excluding ortho intramolecular Hbond substituents is 1. The van der Waals surface area contributed by atoms with Gasteiger partial charge in [0.2, 0.25) is 11.8 Å². The minimum absolute atomic E-state index is 0.0269. The number of likely N-dealkylation sites (tertiary alicyclic amines) is 1. The summed E-state index contributed by atoms with van der Waals surface area (Å²) in [5.74, 6) is -0.558. The molecule has 7 nitrogen and oxygen atoms in total. The van der Waals surface area contributed by atoms with Crippen molar-refractivity contribution in [1.29, 1.82) is 0 Å². The highest BCUT2D eigenvalue weighted by Gasteiger charge is 2.26. The average Bonchev–Trinajstić information content (AvgIpc) is 2.67. The van der Waals surface area contributed by atoms with Gasteiger partial charge in [0.1, 0.15) is 5.75 Å². The number of benzene rings is 1. The quantitative estimate of drug-likeness (QED) is 0.506. The monoisotopic (exact) mass is 422 g/mol. The second kappa shape index (κ2) is 9.23. The van der Waals surface area contributed by atoms with E-state index in [4.69, 9.17) is 23.2 Å². The van der Waals surface area contributed by atoms with Gasteiger partial charge in [-0.05, 0) is 56.3 Å². The third kappa shape index (κ3) is 5.34. The number of hydrogen-bond acceptors (Lipinski definition) is 5. The second-order valence-corrected chi connectivity index (χ2v) is 7.39. The maximum atomic E-state index is 12.5. The summed E-state index contributed by atoms with van der Waals surface area (Å²) in [5, 5.41) is 16.0. The van der Waals surface area contributed by atoms with Crippen LogP contribution in [0.4, 0.5) is 11.4 Å². The highest BCUT2D eigenvalue weighted by Crippen LogP contribution is 2.28. The number of piperidine rings is 1. The standard InChI is InChI=1S/C19H20Cl2N4O3/c20-13-3-4-16(26)15(10-13)24-19(28)12-5-8-25(9-6-12)11-17(27)23-14-2-1-7-22-18(14)21/h1-4,7,10,12,26H,5-6,8-9,11H2,(H,23,27)(H,24,28). The summed E-state index contributed by atoms with van der Waals surface area (Å²) in [5.41, 5.74) is 0.775. The lowest BCUT2D eigenvalue weighted by atomic mass is 9.95.